The summed E-state index contributed by atoms with van der Waals surface area (Å²) in [5.74, 6) is 3.90. The Labute approximate surface area is 192 Å². The Morgan fingerprint density at radius 2 is 2.12 bits per heavy atom. The van der Waals surface area contributed by atoms with Crippen molar-refractivity contribution in [2.45, 2.75) is 63.3 Å². The highest BCUT2D eigenvalue weighted by Gasteiger charge is 2.43. The topological polar surface area (TPSA) is 60.2 Å². The molecular weight excluding hydrogens is 427 g/mol. The fraction of sp³-hybridized carbons (Fsp3) is 0.625. The Bertz CT molecular complexity index is 967. The van der Waals surface area contributed by atoms with Crippen LogP contribution in [0.2, 0.25) is 0 Å². The summed E-state index contributed by atoms with van der Waals surface area (Å²) in [4.78, 5) is 13.9. The van der Waals surface area contributed by atoms with Crippen molar-refractivity contribution in [2.24, 2.45) is 17.8 Å². The minimum Gasteiger partial charge on any atom is -0.483 e. The molecule has 2 aromatic rings. The molecule has 0 unspecified atom stereocenters. The van der Waals surface area contributed by atoms with Crippen LogP contribution in [0.25, 0.3) is 0 Å². The number of nitrogens with zero attached hydrogens (tertiary/aromatic N) is 4. The van der Waals surface area contributed by atoms with Crippen molar-refractivity contribution in [3.63, 3.8) is 0 Å². The van der Waals surface area contributed by atoms with E-state index in [2.05, 4.69) is 21.7 Å². The number of ether oxygens (including phenoxy) is 1. The average molecular weight is 459 g/mol. The van der Waals surface area contributed by atoms with Crippen molar-refractivity contribution < 1.29 is 13.9 Å². The third kappa shape index (κ3) is 4.38. The van der Waals surface area contributed by atoms with Crippen LogP contribution in [-0.4, -0.2) is 44.4 Å². The number of aromatic nitrogens is 3. The number of hydrogen-bond acceptors (Lipinski definition) is 5. The molecule has 32 heavy (non-hydrogen) atoms. The minimum absolute atomic E-state index is 0.185. The Morgan fingerprint density at radius 1 is 1.25 bits per heavy atom. The summed E-state index contributed by atoms with van der Waals surface area (Å²) >= 11 is 1.65. The predicted octanol–water partition coefficient (Wildman–Crippen LogP) is 4.71. The molecule has 3 fully saturated rings. The first kappa shape index (κ1) is 21.7. The molecule has 5 rings (SSSR count). The van der Waals surface area contributed by atoms with Crippen LogP contribution < -0.4 is 4.74 Å². The molecule has 1 saturated heterocycles. The van der Waals surface area contributed by atoms with Crippen molar-refractivity contribution in [3.05, 3.63) is 35.9 Å². The van der Waals surface area contributed by atoms with Crippen LogP contribution >= 0.6 is 11.8 Å². The van der Waals surface area contributed by atoms with Crippen molar-refractivity contribution >= 4 is 17.7 Å². The van der Waals surface area contributed by atoms with E-state index in [1.807, 2.05) is 4.90 Å². The molecule has 6 nitrogen and oxygen atoms in total. The molecule has 1 aromatic carbocycles. The first-order chi connectivity index (χ1) is 15.6. The van der Waals surface area contributed by atoms with Gasteiger partial charge in [-0.15, -0.1) is 10.2 Å². The summed E-state index contributed by atoms with van der Waals surface area (Å²) in [6.45, 7) is 4.05. The first-order valence-corrected chi connectivity index (χ1v) is 12.8. The van der Waals surface area contributed by atoms with Gasteiger partial charge in [0.1, 0.15) is 6.61 Å². The number of halogens is 1. The third-order valence-corrected chi connectivity index (χ3v) is 8.44. The molecule has 1 aliphatic heterocycles. The number of rotatable bonds is 9. The number of thioether (sulfide) groups is 1. The van der Waals surface area contributed by atoms with Crippen LogP contribution in [0.1, 0.15) is 57.3 Å². The summed E-state index contributed by atoms with van der Waals surface area (Å²) in [6, 6.07) is 6.73. The number of likely N-dealkylation sites (tertiary alicyclic amines) is 1. The van der Waals surface area contributed by atoms with E-state index in [9.17, 15) is 9.18 Å². The van der Waals surface area contributed by atoms with Gasteiger partial charge >= 0.3 is 0 Å². The van der Waals surface area contributed by atoms with Crippen molar-refractivity contribution in [2.75, 3.05) is 18.8 Å². The molecular formula is C24H31FN4O2S. The van der Waals surface area contributed by atoms with E-state index in [1.54, 1.807) is 30.0 Å². The number of carbonyl (C=O) groups is 1. The van der Waals surface area contributed by atoms with Crippen molar-refractivity contribution in [3.8, 4) is 5.75 Å². The highest BCUT2D eigenvalue weighted by Crippen LogP contribution is 2.52. The molecule has 2 saturated carbocycles. The molecule has 2 heterocycles. The summed E-state index contributed by atoms with van der Waals surface area (Å²) in [7, 11) is 0. The van der Waals surface area contributed by atoms with Gasteiger partial charge in [0.25, 0.3) is 0 Å². The van der Waals surface area contributed by atoms with E-state index >= 15 is 0 Å². The van der Waals surface area contributed by atoms with E-state index in [4.69, 9.17) is 4.74 Å². The lowest BCUT2D eigenvalue weighted by molar-refractivity contribution is -0.127. The Kier molecular flexibility index (Phi) is 6.40. The second-order valence-corrected chi connectivity index (χ2v) is 10.5. The number of amides is 1. The van der Waals surface area contributed by atoms with Gasteiger partial charge in [-0.1, -0.05) is 30.3 Å². The van der Waals surface area contributed by atoms with Gasteiger partial charge in [0, 0.05) is 31.3 Å². The molecule has 4 atom stereocenters. The number of hydrogen-bond donors (Lipinski definition) is 0. The third-order valence-electron chi connectivity index (χ3n) is 7.51. The second-order valence-electron chi connectivity index (χ2n) is 9.40. The van der Waals surface area contributed by atoms with Crippen LogP contribution in [0.15, 0.2) is 29.4 Å². The second kappa shape index (κ2) is 9.41. The Hall–Kier alpha value is -2.09. The lowest BCUT2D eigenvalue weighted by Gasteiger charge is -2.30. The van der Waals surface area contributed by atoms with Gasteiger partial charge in [0.2, 0.25) is 5.91 Å². The molecule has 0 radical (unpaired) electrons. The van der Waals surface area contributed by atoms with Crippen molar-refractivity contribution in [1.29, 1.82) is 0 Å². The Balaban J connectivity index is 1.32. The number of fused-ring (bicyclic) bond motifs is 2. The molecule has 2 aliphatic carbocycles. The maximum atomic E-state index is 14.0. The zero-order chi connectivity index (χ0) is 22.1. The highest BCUT2D eigenvalue weighted by molar-refractivity contribution is 7.99. The Morgan fingerprint density at radius 3 is 2.84 bits per heavy atom. The molecule has 0 N–H and O–H groups in total. The SMILES string of the molecule is C[C@H]([C@H]1C[C@H]2CC[C@H]1C2)n1c(COc2ccccc2F)nnc1SCCN1CCCC1=O. The van der Waals surface area contributed by atoms with E-state index in [0.29, 0.717) is 12.3 Å². The van der Waals surface area contributed by atoms with Crippen LogP contribution in [0, 0.1) is 23.6 Å². The van der Waals surface area contributed by atoms with E-state index in [0.717, 1.165) is 48.1 Å². The van der Waals surface area contributed by atoms with E-state index in [1.165, 1.54) is 31.7 Å². The molecule has 0 spiro atoms. The predicted molar refractivity (Wildman–Crippen MR) is 121 cm³/mol. The van der Waals surface area contributed by atoms with E-state index in [-0.39, 0.29) is 30.1 Å². The van der Waals surface area contributed by atoms with Crippen molar-refractivity contribution in [1.82, 2.24) is 19.7 Å². The fourth-order valence-corrected chi connectivity index (χ4v) is 6.88. The van der Waals surface area contributed by atoms with Crippen LogP contribution in [-0.2, 0) is 11.4 Å². The quantitative estimate of drug-likeness (QED) is 0.510. The standard InChI is InChI=1S/C24H31FN4O2S/c1-16(19-14-17-8-9-18(19)13-17)29-22(15-31-21-6-3-2-5-20(21)25)26-27-24(29)32-12-11-28-10-4-7-23(28)30/h2-3,5-6,16-19H,4,7-15H2,1H3/t16-,17+,18+,19-/m1/s1. The van der Waals surface area contributed by atoms with Gasteiger partial charge in [-0.2, -0.15) is 0 Å². The van der Waals surface area contributed by atoms with Gasteiger partial charge in [0.05, 0.1) is 0 Å². The zero-order valence-corrected chi connectivity index (χ0v) is 19.4. The van der Waals surface area contributed by atoms with Crippen LogP contribution in [0.5, 0.6) is 5.75 Å². The number of benzene rings is 1. The summed E-state index contributed by atoms with van der Waals surface area (Å²) in [5.41, 5.74) is 0. The summed E-state index contributed by atoms with van der Waals surface area (Å²) < 4.78 is 22.1. The molecule has 3 aliphatic rings. The number of carbonyl (C=O) groups excluding carboxylic acids is 1. The molecule has 172 valence electrons. The average Bonchev–Trinajstić information content (AvgIpc) is 3.58. The fourth-order valence-electron chi connectivity index (χ4n) is 5.88. The van der Waals surface area contributed by atoms with Gasteiger partial charge in [-0.25, -0.2) is 4.39 Å². The highest BCUT2D eigenvalue weighted by atomic mass is 32.2. The largest absolute Gasteiger partial charge is 0.483 e. The zero-order valence-electron chi connectivity index (χ0n) is 18.6. The van der Waals surface area contributed by atoms with Gasteiger partial charge in [-0.3, -0.25) is 9.36 Å². The maximum Gasteiger partial charge on any atom is 0.222 e. The molecule has 2 bridgehead atoms. The van der Waals surface area contributed by atoms with Gasteiger partial charge < -0.3 is 9.64 Å². The monoisotopic (exact) mass is 458 g/mol. The van der Waals surface area contributed by atoms with E-state index < -0.39 is 0 Å². The minimum atomic E-state index is -0.371. The van der Waals surface area contributed by atoms with Gasteiger partial charge in [0.15, 0.2) is 22.5 Å². The lowest BCUT2D eigenvalue weighted by atomic mass is 9.84. The molecule has 8 heteroatoms. The summed E-state index contributed by atoms with van der Waals surface area (Å²) in [6.07, 6.45) is 6.92. The van der Waals surface area contributed by atoms with Gasteiger partial charge in [-0.05, 0) is 62.5 Å². The first-order valence-electron chi connectivity index (χ1n) is 11.8. The number of para-hydroxylation sites is 1. The normalized spacial score (nSPS) is 25.6. The maximum absolute atomic E-state index is 14.0. The smallest absolute Gasteiger partial charge is 0.222 e. The lowest BCUT2D eigenvalue weighted by Crippen LogP contribution is -2.27. The molecule has 1 amide bonds. The summed E-state index contributed by atoms with van der Waals surface area (Å²) in [5, 5.41) is 9.81. The van der Waals surface area contributed by atoms with Crippen LogP contribution in [0.4, 0.5) is 4.39 Å². The molecule has 1 aromatic heterocycles. The van der Waals surface area contributed by atoms with Crippen LogP contribution in [0.3, 0.4) is 0 Å².